The van der Waals surface area contributed by atoms with Gasteiger partial charge in [0.05, 0.1) is 25.0 Å². The van der Waals surface area contributed by atoms with Gasteiger partial charge >= 0.3 is 0 Å². The van der Waals surface area contributed by atoms with Crippen LogP contribution < -0.4 is 5.32 Å². The van der Waals surface area contributed by atoms with E-state index in [2.05, 4.69) is 10.3 Å². The van der Waals surface area contributed by atoms with Crippen LogP contribution in [0.2, 0.25) is 0 Å². The van der Waals surface area contributed by atoms with E-state index in [-0.39, 0.29) is 18.9 Å². The number of carbonyl (C=O) groups excluding carboxylic acids is 1. The summed E-state index contributed by atoms with van der Waals surface area (Å²) in [6, 6.07) is 10.5. The Bertz CT molecular complexity index is 806. The Morgan fingerprint density at radius 2 is 2.17 bits per heavy atom. The zero-order valence-corrected chi connectivity index (χ0v) is 12.6. The van der Waals surface area contributed by atoms with Gasteiger partial charge in [-0.2, -0.15) is 0 Å². The molecule has 0 aliphatic carbocycles. The highest BCUT2D eigenvalue weighted by Crippen LogP contribution is 2.22. The van der Waals surface area contributed by atoms with Gasteiger partial charge in [0.2, 0.25) is 5.91 Å². The second-order valence-electron chi connectivity index (χ2n) is 5.08. The minimum absolute atomic E-state index is 0.0708. The summed E-state index contributed by atoms with van der Waals surface area (Å²) >= 11 is 0. The smallest absolute Gasteiger partial charge is 0.263 e. The van der Waals surface area contributed by atoms with E-state index in [1.54, 1.807) is 43.3 Å². The van der Waals surface area contributed by atoms with Gasteiger partial charge in [-0.3, -0.25) is 4.79 Å². The van der Waals surface area contributed by atoms with E-state index in [4.69, 9.17) is 13.9 Å². The van der Waals surface area contributed by atoms with E-state index in [9.17, 15) is 4.79 Å². The van der Waals surface area contributed by atoms with E-state index in [1.807, 2.05) is 0 Å². The summed E-state index contributed by atoms with van der Waals surface area (Å²) in [7, 11) is 0. The Morgan fingerprint density at radius 1 is 1.30 bits per heavy atom. The molecular formula is C17H16N2O4. The number of aliphatic hydroxyl groups excluding tert-OH is 1. The number of aromatic nitrogens is 1. The second-order valence-corrected chi connectivity index (χ2v) is 5.08. The number of hydrogen-bond acceptors (Lipinski definition) is 5. The van der Waals surface area contributed by atoms with Crippen LogP contribution in [0.15, 0.2) is 51.5 Å². The van der Waals surface area contributed by atoms with Crippen molar-refractivity contribution >= 4 is 11.6 Å². The van der Waals surface area contributed by atoms with E-state index in [1.165, 1.54) is 6.26 Å². The van der Waals surface area contributed by atoms with Gasteiger partial charge in [-0.25, -0.2) is 4.98 Å². The van der Waals surface area contributed by atoms with Gasteiger partial charge in [0.25, 0.3) is 5.89 Å². The normalized spacial score (nSPS) is 10.7. The highest BCUT2D eigenvalue weighted by Gasteiger charge is 2.16. The van der Waals surface area contributed by atoms with E-state index in [0.29, 0.717) is 28.8 Å². The standard InChI is InChI=1S/C17H16N2O4/c1-11-14(19-17(23-11)15-6-3-7-22-15)9-16(21)18-13-5-2-4-12(8-13)10-20/h2-8,20H,9-10H2,1H3,(H,18,21). The minimum Gasteiger partial charge on any atom is -0.459 e. The average Bonchev–Trinajstić information content (AvgIpc) is 3.18. The topological polar surface area (TPSA) is 88.5 Å². The maximum Gasteiger partial charge on any atom is 0.263 e. The second kappa shape index (κ2) is 6.50. The number of carbonyl (C=O) groups is 1. The number of aryl methyl sites for hydroxylation is 1. The lowest BCUT2D eigenvalue weighted by Gasteiger charge is -2.05. The first-order valence-electron chi connectivity index (χ1n) is 7.15. The van der Waals surface area contributed by atoms with Gasteiger partial charge in [-0.15, -0.1) is 0 Å². The fourth-order valence-electron chi connectivity index (χ4n) is 2.20. The summed E-state index contributed by atoms with van der Waals surface area (Å²) in [4.78, 5) is 16.5. The third kappa shape index (κ3) is 3.49. The molecule has 0 spiro atoms. The molecule has 6 nitrogen and oxygen atoms in total. The van der Waals surface area contributed by atoms with Crippen LogP contribution >= 0.6 is 0 Å². The van der Waals surface area contributed by atoms with Gasteiger partial charge in [0.1, 0.15) is 5.76 Å². The Labute approximate surface area is 132 Å². The first-order valence-corrected chi connectivity index (χ1v) is 7.15. The predicted molar refractivity (Wildman–Crippen MR) is 83.6 cm³/mol. The van der Waals surface area contributed by atoms with E-state index < -0.39 is 0 Å². The monoisotopic (exact) mass is 312 g/mol. The van der Waals surface area contributed by atoms with Crippen molar-refractivity contribution in [1.82, 2.24) is 4.98 Å². The molecular weight excluding hydrogens is 296 g/mol. The molecule has 0 bridgehead atoms. The summed E-state index contributed by atoms with van der Waals surface area (Å²) in [6.07, 6.45) is 1.63. The zero-order chi connectivity index (χ0) is 16.2. The number of anilines is 1. The maximum absolute atomic E-state index is 12.2. The van der Waals surface area contributed by atoms with Crippen molar-refractivity contribution in [3.8, 4) is 11.7 Å². The van der Waals surface area contributed by atoms with Gasteiger partial charge in [0, 0.05) is 5.69 Å². The summed E-state index contributed by atoms with van der Waals surface area (Å²) in [5.41, 5.74) is 1.93. The Kier molecular flexibility index (Phi) is 4.25. The predicted octanol–water partition coefficient (Wildman–Crippen LogP) is 2.92. The number of benzene rings is 1. The van der Waals surface area contributed by atoms with Crippen molar-refractivity contribution in [3.63, 3.8) is 0 Å². The van der Waals surface area contributed by atoms with Gasteiger partial charge in [0.15, 0.2) is 5.76 Å². The molecule has 0 saturated heterocycles. The number of amides is 1. The quantitative estimate of drug-likeness (QED) is 0.756. The van der Waals surface area contributed by atoms with Gasteiger partial charge in [-0.1, -0.05) is 12.1 Å². The molecule has 23 heavy (non-hydrogen) atoms. The Hall–Kier alpha value is -2.86. The van der Waals surface area contributed by atoms with Crippen molar-refractivity contribution in [2.75, 3.05) is 5.32 Å². The van der Waals surface area contributed by atoms with Crippen molar-refractivity contribution in [2.45, 2.75) is 20.0 Å². The van der Waals surface area contributed by atoms with Gasteiger partial charge < -0.3 is 19.3 Å². The number of nitrogens with zero attached hydrogens (tertiary/aromatic N) is 1. The highest BCUT2D eigenvalue weighted by atomic mass is 16.4. The molecule has 0 saturated carbocycles. The van der Waals surface area contributed by atoms with Gasteiger partial charge in [-0.05, 0) is 36.8 Å². The van der Waals surface area contributed by atoms with Crippen LogP contribution in [0.5, 0.6) is 0 Å². The molecule has 6 heteroatoms. The van der Waals surface area contributed by atoms with Crippen molar-refractivity contribution < 1.29 is 18.7 Å². The number of aliphatic hydroxyl groups is 1. The molecule has 0 aliphatic rings. The summed E-state index contributed by atoms with van der Waals surface area (Å²) in [5.74, 6) is 1.26. The van der Waals surface area contributed by atoms with Crippen molar-refractivity contribution in [3.05, 3.63) is 59.7 Å². The van der Waals surface area contributed by atoms with Crippen LogP contribution in [0, 0.1) is 6.92 Å². The third-order valence-electron chi connectivity index (χ3n) is 3.35. The van der Waals surface area contributed by atoms with Crippen LogP contribution in [0.3, 0.4) is 0 Å². The van der Waals surface area contributed by atoms with E-state index in [0.717, 1.165) is 5.56 Å². The molecule has 0 unspecified atom stereocenters. The fourth-order valence-corrected chi connectivity index (χ4v) is 2.20. The number of oxazole rings is 1. The lowest BCUT2D eigenvalue weighted by atomic mass is 10.2. The molecule has 0 fully saturated rings. The first-order chi connectivity index (χ1) is 11.2. The number of nitrogens with one attached hydrogen (secondary N) is 1. The molecule has 0 aliphatic heterocycles. The molecule has 0 radical (unpaired) electrons. The first kappa shape index (κ1) is 15.1. The van der Waals surface area contributed by atoms with Crippen LogP contribution in [0.4, 0.5) is 5.69 Å². The highest BCUT2D eigenvalue weighted by molar-refractivity contribution is 5.92. The number of rotatable bonds is 5. The molecule has 118 valence electrons. The average molecular weight is 312 g/mol. The molecule has 3 rings (SSSR count). The van der Waals surface area contributed by atoms with Crippen LogP contribution in [0.25, 0.3) is 11.7 Å². The number of hydrogen-bond donors (Lipinski definition) is 2. The largest absolute Gasteiger partial charge is 0.459 e. The third-order valence-corrected chi connectivity index (χ3v) is 3.35. The lowest BCUT2D eigenvalue weighted by molar-refractivity contribution is -0.115. The summed E-state index contributed by atoms with van der Waals surface area (Å²) in [5, 5.41) is 11.9. The Balaban J connectivity index is 1.70. The molecule has 2 aromatic heterocycles. The van der Waals surface area contributed by atoms with Crippen LogP contribution in [-0.4, -0.2) is 16.0 Å². The fraction of sp³-hybridized carbons (Fsp3) is 0.176. The maximum atomic E-state index is 12.2. The summed E-state index contributed by atoms with van der Waals surface area (Å²) in [6.45, 7) is 1.69. The molecule has 0 atom stereocenters. The minimum atomic E-state index is -0.206. The zero-order valence-electron chi connectivity index (χ0n) is 12.6. The number of furan rings is 1. The lowest BCUT2D eigenvalue weighted by Crippen LogP contribution is -2.15. The van der Waals surface area contributed by atoms with Crippen molar-refractivity contribution in [2.24, 2.45) is 0 Å². The Morgan fingerprint density at radius 3 is 2.91 bits per heavy atom. The molecule has 2 N–H and O–H groups in total. The summed E-state index contributed by atoms with van der Waals surface area (Å²) < 4.78 is 10.8. The molecule has 1 amide bonds. The van der Waals surface area contributed by atoms with Crippen LogP contribution in [-0.2, 0) is 17.8 Å². The molecule has 2 heterocycles. The molecule has 3 aromatic rings. The SMILES string of the molecule is Cc1oc(-c2ccco2)nc1CC(=O)Nc1cccc(CO)c1. The molecule has 1 aromatic carbocycles. The van der Waals surface area contributed by atoms with Crippen LogP contribution in [0.1, 0.15) is 17.0 Å². The van der Waals surface area contributed by atoms with E-state index >= 15 is 0 Å². The van der Waals surface area contributed by atoms with Crippen molar-refractivity contribution in [1.29, 1.82) is 0 Å².